The predicted molar refractivity (Wildman–Crippen MR) is 133 cm³/mol. The van der Waals surface area contributed by atoms with Gasteiger partial charge in [-0.1, -0.05) is 18.2 Å². The summed E-state index contributed by atoms with van der Waals surface area (Å²) in [5, 5.41) is 4.90. The van der Waals surface area contributed by atoms with Crippen LogP contribution in [0, 0.1) is 12.7 Å². The first kappa shape index (κ1) is 23.0. The van der Waals surface area contributed by atoms with Crippen LogP contribution in [0.15, 0.2) is 54.7 Å². The molecule has 4 aromatic rings. The Labute approximate surface area is 203 Å². The summed E-state index contributed by atoms with van der Waals surface area (Å²) in [6.07, 6.45) is 5.07. The van der Waals surface area contributed by atoms with Crippen molar-refractivity contribution in [2.45, 2.75) is 51.1 Å². The fourth-order valence-electron chi connectivity index (χ4n) is 5.48. The average Bonchev–Trinajstić information content (AvgIpc) is 3.14. The Morgan fingerprint density at radius 2 is 1.86 bits per heavy atom. The van der Waals surface area contributed by atoms with Gasteiger partial charge < -0.3 is 14.6 Å². The topological polar surface area (TPSA) is 73.2 Å². The van der Waals surface area contributed by atoms with Gasteiger partial charge in [0.05, 0.1) is 18.2 Å². The number of aromatic nitrogens is 2. The van der Waals surface area contributed by atoms with Gasteiger partial charge in [0.1, 0.15) is 12.4 Å². The molecule has 0 saturated heterocycles. The highest BCUT2D eigenvalue weighted by Gasteiger charge is 2.29. The molecule has 1 aliphatic carbocycles. The van der Waals surface area contributed by atoms with Gasteiger partial charge in [0, 0.05) is 34.2 Å². The number of para-hydroxylation sites is 1. The molecule has 1 saturated carbocycles. The molecule has 2 aromatic carbocycles. The molecule has 0 radical (unpaired) electrons. The van der Waals surface area contributed by atoms with E-state index in [-0.39, 0.29) is 36.2 Å². The summed E-state index contributed by atoms with van der Waals surface area (Å²) in [7, 11) is 1.37. The third kappa shape index (κ3) is 4.38. The first-order valence-electron chi connectivity index (χ1n) is 12.0. The largest absolute Gasteiger partial charge is 0.468 e. The number of nitrogens with zero attached hydrogens (tertiary/aromatic N) is 2. The Kier molecular flexibility index (Phi) is 6.24. The molecular formula is C28H28FN3O3. The fraction of sp³-hybridized carbons (Fsp3) is 0.321. The van der Waals surface area contributed by atoms with Crippen LogP contribution in [0.2, 0.25) is 0 Å². The van der Waals surface area contributed by atoms with Gasteiger partial charge in [0.15, 0.2) is 0 Å². The van der Waals surface area contributed by atoms with Crippen LogP contribution >= 0.6 is 0 Å². The molecule has 2 aromatic heterocycles. The van der Waals surface area contributed by atoms with Crippen LogP contribution in [0.5, 0.6) is 0 Å². The number of methoxy groups -OCH3 is 1. The van der Waals surface area contributed by atoms with E-state index in [1.807, 2.05) is 35.8 Å². The zero-order valence-corrected chi connectivity index (χ0v) is 19.9. The van der Waals surface area contributed by atoms with Crippen molar-refractivity contribution in [3.8, 4) is 0 Å². The smallest absolute Gasteiger partial charge is 0.325 e. The molecule has 0 bridgehead atoms. The monoisotopic (exact) mass is 473 g/mol. The number of amides is 1. The number of carbonyl (C=O) groups excluding carboxylic acids is 2. The van der Waals surface area contributed by atoms with Gasteiger partial charge in [-0.25, -0.2) is 4.39 Å². The molecule has 0 unspecified atom stereocenters. The van der Waals surface area contributed by atoms with Crippen LogP contribution in [0.3, 0.4) is 0 Å². The molecule has 6 nitrogen and oxygen atoms in total. The van der Waals surface area contributed by atoms with Crippen molar-refractivity contribution in [3.63, 3.8) is 0 Å². The van der Waals surface area contributed by atoms with Crippen LogP contribution in [0.25, 0.3) is 21.8 Å². The van der Waals surface area contributed by atoms with Crippen molar-refractivity contribution >= 4 is 33.7 Å². The highest BCUT2D eigenvalue weighted by atomic mass is 19.1. The maximum atomic E-state index is 14.2. The van der Waals surface area contributed by atoms with E-state index in [4.69, 9.17) is 4.74 Å². The van der Waals surface area contributed by atoms with E-state index in [9.17, 15) is 14.0 Å². The summed E-state index contributed by atoms with van der Waals surface area (Å²) in [5.74, 6) is -0.483. The van der Waals surface area contributed by atoms with Gasteiger partial charge >= 0.3 is 5.97 Å². The van der Waals surface area contributed by atoms with Crippen LogP contribution in [-0.4, -0.2) is 34.6 Å². The van der Waals surface area contributed by atoms with E-state index in [2.05, 4.69) is 10.3 Å². The van der Waals surface area contributed by atoms with Gasteiger partial charge in [-0.15, -0.1) is 0 Å². The molecule has 7 heteroatoms. The van der Waals surface area contributed by atoms with Gasteiger partial charge in [0.2, 0.25) is 0 Å². The van der Waals surface area contributed by atoms with Gasteiger partial charge in [-0.3, -0.25) is 14.6 Å². The lowest BCUT2D eigenvalue weighted by Gasteiger charge is -2.30. The lowest BCUT2D eigenvalue weighted by molar-refractivity contribution is -0.141. The minimum absolute atomic E-state index is 0.0751. The van der Waals surface area contributed by atoms with Crippen LogP contribution in [0.1, 0.15) is 53.2 Å². The number of esters is 1. The number of nitrogens with one attached hydrogen (secondary N) is 1. The quantitative estimate of drug-likeness (QED) is 0.401. The molecule has 1 amide bonds. The van der Waals surface area contributed by atoms with Gasteiger partial charge in [0.25, 0.3) is 5.91 Å². The van der Waals surface area contributed by atoms with Crippen molar-refractivity contribution in [2.24, 2.45) is 0 Å². The van der Waals surface area contributed by atoms with Crippen LogP contribution in [-0.2, 0) is 16.1 Å². The fourth-order valence-corrected chi connectivity index (χ4v) is 5.48. The number of fused-ring (bicyclic) bond motifs is 2. The zero-order valence-electron chi connectivity index (χ0n) is 19.9. The van der Waals surface area contributed by atoms with Crippen molar-refractivity contribution in [1.82, 2.24) is 14.9 Å². The van der Waals surface area contributed by atoms with E-state index in [0.717, 1.165) is 58.7 Å². The highest BCUT2D eigenvalue weighted by molar-refractivity contribution is 6.06. The first-order valence-corrected chi connectivity index (χ1v) is 12.0. The van der Waals surface area contributed by atoms with E-state index < -0.39 is 0 Å². The first-order chi connectivity index (χ1) is 17.0. The molecule has 180 valence electrons. The van der Waals surface area contributed by atoms with Crippen molar-refractivity contribution in [2.75, 3.05) is 7.11 Å². The molecule has 2 heterocycles. The van der Waals surface area contributed by atoms with E-state index >= 15 is 0 Å². The Bertz CT molecular complexity index is 1410. The summed E-state index contributed by atoms with van der Waals surface area (Å²) in [5.41, 5.74) is 4.33. The second-order valence-corrected chi connectivity index (χ2v) is 9.22. The Hall–Kier alpha value is -3.74. The van der Waals surface area contributed by atoms with E-state index in [0.29, 0.717) is 5.56 Å². The Balaban J connectivity index is 1.34. The molecule has 1 N–H and O–H groups in total. The molecule has 0 aliphatic heterocycles. The van der Waals surface area contributed by atoms with E-state index in [1.165, 1.54) is 13.2 Å². The summed E-state index contributed by atoms with van der Waals surface area (Å²) in [4.78, 5) is 29.4. The molecule has 1 fully saturated rings. The predicted octanol–water partition coefficient (Wildman–Crippen LogP) is 5.27. The second kappa shape index (κ2) is 9.49. The Morgan fingerprint density at radius 3 is 2.63 bits per heavy atom. The zero-order chi connectivity index (χ0) is 24.5. The van der Waals surface area contributed by atoms with Gasteiger partial charge in [-0.2, -0.15) is 0 Å². The van der Waals surface area contributed by atoms with Crippen molar-refractivity contribution in [3.05, 3.63) is 77.4 Å². The Morgan fingerprint density at radius 1 is 1.09 bits per heavy atom. The normalized spacial score (nSPS) is 18.0. The SMILES string of the molecule is COC(=O)Cn1c(C)c(C2CCC(NC(=O)c3ccnc4ccccc34)CC2)c2cc(F)ccc21. The number of carbonyl (C=O) groups is 2. The van der Waals surface area contributed by atoms with Crippen LogP contribution < -0.4 is 5.32 Å². The van der Waals surface area contributed by atoms with E-state index in [1.54, 1.807) is 24.4 Å². The number of halogens is 1. The lowest BCUT2D eigenvalue weighted by atomic mass is 9.80. The molecular weight excluding hydrogens is 445 g/mol. The number of hydrogen-bond acceptors (Lipinski definition) is 4. The number of benzene rings is 2. The second-order valence-electron chi connectivity index (χ2n) is 9.22. The minimum Gasteiger partial charge on any atom is -0.468 e. The maximum Gasteiger partial charge on any atom is 0.325 e. The molecule has 0 atom stereocenters. The highest BCUT2D eigenvalue weighted by Crippen LogP contribution is 2.40. The third-order valence-electron chi connectivity index (χ3n) is 7.21. The summed E-state index contributed by atoms with van der Waals surface area (Å²) >= 11 is 0. The maximum absolute atomic E-state index is 14.2. The third-order valence-corrected chi connectivity index (χ3v) is 7.21. The number of rotatable bonds is 5. The number of ether oxygens (including phenoxy) is 1. The summed E-state index contributed by atoms with van der Waals surface area (Å²) in [6.45, 7) is 2.08. The molecule has 0 spiro atoms. The minimum atomic E-state index is -0.337. The standard InChI is InChI=1S/C28H28FN3O3/c1-17-27(23-15-19(29)9-12-25(23)32(17)16-26(33)35-2)18-7-10-20(11-8-18)31-28(34)22-13-14-30-24-6-4-3-5-21(22)24/h3-6,9,12-15,18,20H,7-8,10-11,16H2,1-2H3,(H,31,34). The van der Waals surface area contributed by atoms with Gasteiger partial charge in [-0.05, 0) is 74.4 Å². The van der Waals surface area contributed by atoms with Crippen molar-refractivity contribution in [1.29, 1.82) is 0 Å². The molecule has 35 heavy (non-hydrogen) atoms. The average molecular weight is 474 g/mol. The number of hydrogen-bond donors (Lipinski definition) is 1. The molecule has 5 rings (SSSR count). The molecule has 1 aliphatic rings. The summed E-state index contributed by atoms with van der Waals surface area (Å²) < 4.78 is 21.0. The van der Waals surface area contributed by atoms with Crippen LogP contribution in [0.4, 0.5) is 4.39 Å². The number of pyridine rings is 1. The van der Waals surface area contributed by atoms with Crippen molar-refractivity contribution < 1.29 is 18.7 Å². The lowest BCUT2D eigenvalue weighted by Crippen LogP contribution is -2.37. The summed E-state index contributed by atoms with van der Waals surface area (Å²) in [6, 6.07) is 14.2.